The van der Waals surface area contributed by atoms with Gasteiger partial charge in [-0.3, -0.25) is 0 Å². The predicted octanol–water partition coefficient (Wildman–Crippen LogP) is 2.51. The van der Waals surface area contributed by atoms with Gasteiger partial charge in [0.1, 0.15) is 0 Å². The number of fused-ring (bicyclic) bond motifs is 3. The molecule has 3 aromatic rings. The Balaban J connectivity index is 1.36. The minimum absolute atomic E-state index is 0.386. The summed E-state index contributed by atoms with van der Waals surface area (Å²) in [6.07, 6.45) is 4.30. The molecule has 4 heterocycles. The number of hydrogen-bond acceptors (Lipinski definition) is 7. The lowest BCUT2D eigenvalue weighted by molar-refractivity contribution is 0.340. The van der Waals surface area contributed by atoms with Crippen molar-refractivity contribution in [2.24, 2.45) is 11.8 Å². The molecule has 0 aromatic carbocycles. The first-order valence-corrected chi connectivity index (χ1v) is 9.29. The molecule has 0 spiro atoms. The van der Waals surface area contributed by atoms with Crippen LogP contribution in [-0.2, 0) is 0 Å². The van der Waals surface area contributed by atoms with Gasteiger partial charge in [-0.1, -0.05) is 5.16 Å². The Bertz CT molecular complexity index is 908. The van der Waals surface area contributed by atoms with Crippen molar-refractivity contribution in [1.29, 1.82) is 0 Å². The van der Waals surface area contributed by atoms with Crippen LogP contribution in [0.2, 0.25) is 0 Å². The van der Waals surface area contributed by atoms with Crippen LogP contribution in [0.3, 0.4) is 0 Å². The number of rotatable bonds is 3. The fourth-order valence-corrected chi connectivity index (χ4v) is 4.54. The molecule has 0 amide bonds. The first-order chi connectivity index (χ1) is 12.2. The fraction of sp³-hybridized carbons (Fsp3) is 0.500. The lowest BCUT2D eigenvalue weighted by Crippen LogP contribution is -2.48. The van der Waals surface area contributed by atoms with E-state index >= 15 is 0 Å². The number of pyridine rings is 1. The second kappa shape index (κ2) is 5.69. The summed E-state index contributed by atoms with van der Waals surface area (Å²) in [6.45, 7) is 3.70. The molecular formula is C16H18BrN7O. The maximum atomic E-state index is 5.35. The molecule has 5 rings (SSSR count). The van der Waals surface area contributed by atoms with E-state index in [1.165, 1.54) is 12.8 Å². The van der Waals surface area contributed by atoms with Gasteiger partial charge in [0.2, 0.25) is 5.95 Å². The summed E-state index contributed by atoms with van der Waals surface area (Å²) in [4.78, 5) is 11.2. The number of aromatic nitrogens is 5. The van der Waals surface area contributed by atoms with Gasteiger partial charge in [-0.25, -0.2) is 4.52 Å². The maximum absolute atomic E-state index is 5.35. The van der Waals surface area contributed by atoms with E-state index in [9.17, 15) is 0 Å². The first-order valence-electron chi connectivity index (χ1n) is 8.50. The Kier molecular flexibility index (Phi) is 3.44. The lowest BCUT2D eigenvalue weighted by atomic mass is 9.92. The molecule has 1 aliphatic heterocycles. The van der Waals surface area contributed by atoms with Gasteiger partial charge in [-0.05, 0) is 59.7 Å². The van der Waals surface area contributed by atoms with Crippen molar-refractivity contribution in [3.05, 3.63) is 28.6 Å². The van der Waals surface area contributed by atoms with Crippen LogP contribution in [0.25, 0.3) is 5.65 Å². The van der Waals surface area contributed by atoms with Crippen molar-refractivity contribution in [3.8, 4) is 0 Å². The second-order valence-corrected chi connectivity index (χ2v) is 7.71. The van der Waals surface area contributed by atoms with Gasteiger partial charge in [0.05, 0.1) is 4.47 Å². The number of nitrogens with zero attached hydrogens (tertiary/aromatic N) is 6. The molecule has 2 fully saturated rings. The van der Waals surface area contributed by atoms with Gasteiger partial charge in [0.25, 0.3) is 0 Å². The number of halogens is 1. The van der Waals surface area contributed by atoms with E-state index in [2.05, 4.69) is 46.4 Å². The molecule has 3 aromatic heterocycles. The van der Waals surface area contributed by atoms with Gasteiger partial charge in [-0.15, -0.1) is 5.10 Å². The number of hydrogen-bond donors (Lipinski definition) is 1. The summed E-state index contributed by atoms with van der Waals surface area (Å²) < 4.78 is 8.09. The van der Waals surface area contributed by atoms with Crippen molar-refractivity contribution in [1.82, 2.24) is 24.7 Å². The Morgan fingerprint density at radius 3 is 2.72 bits per heavy atom. The molecule has 1 saturated carbocycles. The highest BCUT2D eigenvalue weighted by Gasteiger charge is 2.43. The van der Waals surface area contributed by atoms with Crippen LogP contribution in [0.15, 0.2) is 27.3 Å². The minimum Gasteiger partial charge on any atom is -0.349 e. The quantitative estimate of drug-likeness (QED) is 0.718. The average molecular weight is 404 g/mol. The van der Waals surface area contributed by atoms with E-state index in [0.29, 0.717) is 35.7 Å². The van der Waals surface area contributed by atoms with Gasteiger partial charge in [0, 0.05) is 25.3 Å². The van der Waals surface area contributed by atoms with Gasteiger partial charge < -0.3 is 14.7 Å². The van der Waals surface area contributed by atoms with Gasteiger partial charge in [0.15, 0.2) is 11.5 Å². The van der Waals surface area contributed by atoms with Crippen LogP contribution in [0, 0.1) is 18.8 Å². The van der Waals surface area contributed by atoms with Crippen molar-refractivity contribution in [3.63, 3.8) is 0 Å². The highest BCUT2D eigenvalue weighted by atomic mass is 79.9. The summed E-state index contributed by atoms with van der Waals surface area (Å²) in [5.41, 5.74) is 0.830. The molecule has 2 unspecified atom stereocenters. The zero-order valence-corrected chi connectivity index (χ0v) is 15.3. The average Bonchev–Trinajstić information content (AvgIpc) is 3.26. The first kappa shape index (κ1) is 15.1. The Morgan fingerprint density at radius 2 is 2.04 bits per heavy atom. The van der Waals surface area contributed by atoms with Crippen LogP contribution in [0.4, 0.5) is 12.0 Å². The van der Waals surface area contributed by atoms with Crippen molar-refractivity contribution >= 4 is 33.5 Å². The lowest BCUT2D eigenvalue weighted by Gasteiger charge is -2.37. The maximum Gasteiger partial charge on any atom is 0.324 e. The largest absolute Gasteiger partial charge is 0.349 e. The zero-order chi connectivity index (χ0) is 17.0. The summed E-state index contributed by atoms with van der Waals surface area (Å²) in [6, 6.07) is 4.95. The van der Waals surface area contributed by atoms with E-state index in [1.54, 1.807) is 4.52 Å². The summed E-state index contributed by atoms with van der Waals surface area (Å²) in [5, 5.41) is 12.0. The molecule has 8 nitrogen and oxygen atoms in total. The topological polar surface area (TPSA) is 84.4 Å². The SMILES string of the molecule is Cc1noc(N2CC3CC[C@@H](C2)C3Nc2nc3c(Br)cccn3n2)n1. The predicted molar refractivity (Wildman–Crippen MR) is 95.6 cm³/mol. The molecule has 1 N–H and O–H groups in total. The second-order valence-electron chi connectivity index (χ2n) is 6.86. The van der Waals surface area contributed by atoms with Crippen molar-refractivity contribution in [2.45, 2.75) is 25.8 Å². The standard InChI is InChI=1S/C16H18BrN7O/c1-9-18-16(25-22-9)23-7-10-4-5-11(8-23)13(10)19-15-20-14-12(17)3-2-6-24(14)21-15/h2-3,6,10-11,13H,4-5,7-8H2,1H3,(H,19,21)/t10-,11?,13?/m0/s1. The number of aryl methyl sites for hydroxylation is 1. The highest BCUT2D eigenvalue weighted by Crippen LogP contribution is 2.39. The van der Waals surface area contributed by atoms with Crippen LogP contribution >= 0.6 is 15.9 Å². The van der Waals surface area contributed by atoms with Crippen molar-refractivity contribution < 1.29 is 4.52 Å². The van der Waals surface area contributed by atoms with Crippen LogP contribution < -0.4 is 10.2 Å². The van der Waals surface area contributed by atoms with E-state index in [-0.39, 0.29) is 0 Å². The van der Waals surface area contributed by atoms with E-state index in [0.717, 1.165) is 23.2 Å². The van der Waals surface area contributed by atoms with E-state index in [1.807, 2.05) is 25.3 Å². The summed E-state index contributed by atoms with van der Waals surface area (Å²) in [5.74, 6) is 2.43. The number of piperidine rings is 1. The third-order valence-electron chi connectivity index (χ3n) is 5.23. The summed E-state index contributed by atoms with van der Waals surface area (Å²) in [7, 11) is 0. The molecule has 2 bridgehead atoms. The fourth-order valence-electron chi connectivity index (χ4n) is 4.11. The molecule has 1 saturated heterocycles. The molecule has 2 aliphatic rings. The Hall–Kier alpha value is -2.16. The smallest absolute Gasteiger partial charge is 0.324 e. The van der Waals surface area contributed by atoms with Gasteiger partial charge in [-0.2, -0.15) is 9.97 Å². The molecule has 25 heavy (non-hydrogen) atoms. The van der Waals surface area contributed by atoms with Crippen LogP contribution in [0.1, 0.15) is 18.7 Å². The monoisotopic (exact) mass is 403 g/mol. The molecule has 0 radical (unpaired) electrons. The third-order valence-corrected chi connectivity index (χ3v) is 5.85. The van der Waals surface area contributed by atoms with Crippen molar-refractivity contribution in [2.75, 3.05) is 23.3 Å². The molecular weight excluding hydrogens is 386 g/mol. The zero-order valence-electron chi connectivity index (χ0n) is 13.8. The molecule has 3 atom stereocenters. The summed E-state index contributed by atoms with van der Waals surface area (Å²) >= 11 is 3.53. The normalized spacial score (nSPS) is 25.7. The van der Waals surface area contributed by atoms with Crippen LogP contribution in [0.5, 0.6) is 0 Å². The van der Waals surface area contributed by atoms with E-state index in [4.69, 9.17) is 4.52 Å². The third kappa shape index (κ3) is 2.57. The Labute approximate surface area is 152 Å². The Morgan fingerprint density at radius 1 is 1.24 bits per heavy atom. The molecule has 9 heteroatoms. The van der Waals surface area contributed by atoms with Crippen LogP contribution in [-0.4, -0.2) is 43.9 Å². The minimum atomic E-state index is 0.386. The molecule has 130 valence electrons. The number of nitrogens with one attached hydrogen (secondary N) is 1. The number of anilines is 2. The highest BCUT2D eigenvalue weighted by molar-refractivity contribution is 9.10. The van der Waals surface area contributed by atoms with Gasteiger partial charge >= 0.3 is 6.01 Å². The molecule has 1 aliphatic carbocycles. The van der Waals surface area contributed by atoms with E-state index < -0.39 is 0 Å².